The van der Waals surface area contributed by atoms with E-state index in [4.69, 9.17) is 23.2 Å². The summed E-state index contributed by atoms with van der Waals surface area (Å²) in [4.78, 5) is 11.8. The largest absolute Gasteiger partial charge is 0.418 e. The first-order valence-corrected chi connectivity index (χ1v) is 7.67. The lowest BCUT2D eigenvalue weighted by atomic mass is 10.1. The van der Waals surface area contributed by atoms with Gasteiger partial charge in [-0.25, -0.2) is 0 Å². The molecule has 0 radical (unpaired) electrons. The van der Waals surface area contributed by atoms with Crippen molar-refractivity contribution in [2.75, 3.05) is 17.2 Å². The third kappa shape index (κ3) is 5.32. The van der Waals surface area contributed by atoms with E-state index in [1.807, 2.05) is 0 Å². The Labute approximate surface area is 146 Å². The lowest BCUT2D eigenvalue weighted by Crippen LogP contribution is -2.19. The van der Waals surface area contributed by atoms with Crippen molar-refractivity contribution >= 4 is 40.5 Å². The summed E-state index contributed by atoms with van der Waals surface area (Å²) >= 11 is 11.3. The molecule has 2 rings (SSSR count). The van der Waals surface area contributed by atoms with Crippen LogP contribution in [0.5, 0.6) is 0 Å². The van der Waals surface area contributed by atoms with Crippen LogP contribution in [-0.2, 0) is 11.0 Å². The number of benzene rings is 2. The van der Waals surface area contributed by atoms with E-state index in [0.717, 1.165) is 17.8 Å². The third-order valence-corrected chi connectivity index (χ3v) is 3.57. The van der Waals surface area contributed by atoms with Crippen molar-refractivity contribution in [3.05, 3.63) is 58.1 Å². The van der Waals surface area contributed by atoms with E-state index in [-0.39, 0.29) is 23.7 Å². The van der Waals surface area contributed by atoms with Crippen LogP contribution in [0.25, 0.3) is 0 Å². The lowest BCUT2D eigenvalue weighted by molar-refractivity contribution is -0.137. The molecule has 0 aliphatic rings. The van der Waals surface area contributed by atoms with Gasteiger partial charge in [-0.05, 0) is 42.5 Å². The average molecular weight is 377 g/mol. The van der Waals surface area contributed by atoms with Gasteiger partial charge in [-0.2, -0.15) is 13.2 Å². The molecule has 0 saturated carbocycles. The van der Waals surface area contributed by atoms with Crippen LogP contribution in [0.15, 0.2) is 42.5 Å². The molecule has 2 N–H and O–H groups in total. The molecular formula is C16H13Cl2F3N2O. The Hall–Kier alpha value is -1.92. The van der Waals surface area contributed by atoms with E-state index in [9.17, 15) is 18.0 Å². The third-order valence-electron chi connectivity index (χ3n) is 3.09. The zero-order chi connectivity index (χ0) is 17.7. The highest BCUT2D eigenvalue weighted by atomic mass is 35.5. The molecular weight excluding hydrogens is 364 g/mol. The van der Waals surface area contributed by atoms with Gasteiger partial charge in [0.15, 0.2) is 0 Å². The van der Waals surface area contributed by atoms with Gasteiger partial charge in [-0.3, -0.25) is 4.79 Å². The molecule has 2 aromatic rings. The Morgan fingerprint density at radius 2 is 1.62 bits per heavy atom. The summed E-state index contributed by atoms with van der Waals surface area (Å²) in [5.41, 5.74) is -0.535. The molecule has 24 heavy (non-hydrogen) atoms. The van der Waals surface area contributed by atoms with Crippen LogP contribution >= 0.6 is 23.2 Å². The average Bonchev–Trinajstić information content (AvgIpc) is 2.50. The number of carbonyl (C=O) groups is 1. The molecule has 0 atom stereocenters. The van der Waals surface area contributed by atoms with E-state index in [1.165, 1.54) is 6.07 Å². The molecule has 0 heterocycles. The highest BCUT2D eigenvalue weighted by Gasteiger charge is 2.34. The Morgan fingerprint density at radius 1 is 1.00 bits per heavy atom. The number of hydrogen-bond donors (Lipinski definition) is 2. The van der Waals surface area contributed by atoms with Crippen molar-refractivity contribution in [1.82, 2.24) is 0 Å². The van der Waals surface area contributed by atoms with Crippen molar-refractivity contribution in [3.8, 4) is 0 Å². The number of halogens is 5. The molecule has 1 amide bonds. The molecule has 0 bridgehead atoms. The molecule has 0 spiro atoms. The normalized spacial score (nSPS) is 11.2. The molecule has 0 aromatic heterocycles. The Bertz CT molecular complexity index is 718. The number of alkyl halides is 3. The molecule has 0 fully saturated rings. The number of nitrogens with one attached hydrogen (secondary N) is 2. The Kier molecular flexibility index (Phi) is 5.96. The molecule has 128 valence electrons. The number of anilines is 2. The van der Waals surface area contributed by atoms with Crippen molar-refractivity contribution in [2.45, 2.75) is 12.6 Å². The maximum atomic E-state index is 13.0. The molecule has 3 nitrogen and oxygen atoms in total. The summed E-state index contributed by atoms with van der Waals surface area (Å²) < 4.78 is 38.9. The number of amides is 1. The van der Waals surface area contributed by atoms with Gasteiger partial charge in [0.05, 0.1) is 11.3 Å². The highest BCUT2D eigenvalue weighted by molar-refractivity contribution is 6.31. The topological polar surface area (TPSA) is 41.1 Å². The minimum atomic E-state index is -4.60. The van der Waals surface area contributed by atoms with Crippen LogP contribution < -0.4 is 10.6 Å². The summed E-state index contributed by atoms with van der Waals surface area (Å²) in [6.45, 7) is 0.266. The summed E-state index contributed by atoms with van der Waals surface area (Å²) in [5.74, 6) is -0.538. The quantitative estimate of drug-likeness (QED) is 0.727. The Morgan fingerprint density at radius 3 is 2.25 bits per heavy atom. The second-order valence-electron chi connectivity index (χ2n) is 4.92. The summed E-state index contributed by atoms with van der Waals surface area (Å²) in [5, 5.41) is 5.77. The first-order valence-electron chi connectivity index (χ1n) is 6.92. The maximum Gasteiger partial charge on any atom is 0.418 e. The maximum absolute atomic E-state index is 13.0. The van der Waals surface area contributed by atoms with Gasteiger partial charge < -0.3 is 10.6 Å². The summed E-state index contributed by atoms with van der Waals surface area (Å²) in [6, 6.07) is 10.1. The van der Waals surface area contributed by atoms with Crippen LogP contribution in [-0.4, -0.2) is 12.5 Å². The van der Waals surface area contributed by atoms with Crippen molar-refractivity contribution in [1.29, 1.82) is 0 Å². The molecule has 0 saturated heterocycles. The standard InChI is InChI=1S/C16H13Cl2F3N2O/c17-10-1-4-12(5-2-10)22-8-7-15(24)23-14-6-3-11(18)9-13(14)16(19,20)21/h1-6,9,22H,7-8H2,(H,23,24). The number of carbonyl (C=O) groups excluding carboxylic acids is 1. The first kappa shape index (κ1) is 18.4. The van der Waals surface area contributed by atoms with Crippen LogP contribution in [0.1, 0.15) is 12.0 Å². The minimum Gasteiger partial charge on any atom is -0.385 e. The lowest BCUT2D eigenvalue weighted by Gasteiger charge is -2.14. The van der Waals surface area contributed by atoms with Crippen LogP contribution in [0.4, 0.5) is 24.5 Å². The molecule has 0 aliphatic carbocycles. The van der Waals surface area contributed by atoms with Gasteiger partial charge in [0, 0.05) is 28.7 Å². The van der Waals surface area contributed by atoms with Gasteiger partial charge >= 0.3 is 6.18 Å². The second-order valence-corrected chi connectivity index (χ2v) is 5.79. The smallest absolute Gasteiger partial charge is 0.385 e. The predicted octanol–water partition coefficient (Wildman–Crippen LogP) is 5.45. The number of hydrogen-bond acceptors (Lipinski definition) is 2. The fraction of sp³-hybridized carbons (Fsp3) is 0.188. The summed E-state index contributed by atoms with van der Waals surface area (Å²) in [6.07, 6.45) is -4.60. The zero-order valence-electron chi connectivity index (χ0n) is 12.3. The number of rotatable bonds is 5. The minimum absolute atomic E-state index is 0.00253. The van der Waals surface area contributed by atoms with Gasteiger partial charge in [0.2, 0.25) is 5.91 Å². The van der Waals surface area contributed by atoms with Gasteiger partial charge in [0.25, 0.3) is 0 Å². The van der Waals surface area contributed by atoms with E-state index >= 15 is 0 Å². The van der Waals surface area contributed by atoms with E-state index in [2.05, 4.69) is 10.6 Å². The molecule has 0 aliphatic heterocycles. The summed E-state index contributed by atoms with van der Waals surface area (Å²) in [7, 11) is 0. The second kappa shape index (κ2) is 7.77. The molecule has 0 unspecified atom stereocenters. The van der Waals surface area contributed by atoms with Crippen LogP contribution in [0, 0.1) is 0 Å². The molecule has 8 heteroatoms. The van der Waals surface area contributed by atoms with Crippen LogP contribution in [0.2, 0.25) is 10.0 Å². The first-order chi connectivity index (χ1) is 11.3. The fourth-order valence-electron chi connectivity index (χ4n) is 1.96. The predicted molar refractivity (Wildman–Crippen MR) is 89.6 cm³/mol. The van der Waals surface area contributed by atoms with Crippen LogP contribution in [0.3, 0.4) is 0 Å². The SMILES string of the molecule is O=C(CCNc1ccc(Cl)cc1)Nc1ccc(Cl)cc1C(F)(F)F. The highest BCUT2D eigenvalue weighted by Crippen LogP contribution is 2.36. The van der Waals surface area contributed by atoms with E-state index in [1.54, 1.807) is 24.3 Å². The van der Waals surface area contributed by atoms with Crippen molar-refractivity contribution in [3.63, 3.8) is 0 Å². The van der Waals surface area contributed by atoms with Gasteiger partial charge in [-0.1, -0.05) is 23.2 Å². The Balaban J connectivity index is 1.94. The monoisotopic (exact) mass is 376 g/mol. The van der Waals surface area contributed by atoms with E-state index < -0.39 is 17.6 Å². The van der Waals surface area contributed by atoms with Crippen molar-refractivity contribution < 1.29 is 18.0 Å². The van der Waals surface area contributed by atoms with Gasteiger partial charge in [-0.15, -0.1) is 0 Å². The zero-order valence-corrected chi connectivity index (χ0v) is 13.8. The molecule has 2 aromatic carbocycles. The fourth-order valence-corrected chi connectivity index (χ4v) is 2.26. The van der Waals surface area contributed by atoms with Gasteiger partial charge in [0.1, 0.15) is 0 Å². The van der Waals surface area contributed by atoms with Crippen molar-refractivity contribution in [2.24, 2.45) is 0 Å². The van der Waals surface area contributed by atoms with E-state index in [0.29, 0.717) is 5.02 Å².